The van der Waals surface area contributed by atoms with Gasteiger partial charge >= 0.3 is 0 Å². The lowest BCUT2D eigenvalue weighted by molar-refractivity contribution is 0.951. The predicted molar refractivity (Wildman–Crippen MR) is 68.1 cm³/mol. The average molecular weight is 224 g/mol. The summed E-state index contributed by atoms with van der Waals surface area (Å²) in [5.74, 6) is 0. The third kappa shape index (κ3) is 4.05. The normalized spacial score (nSPS) is 14.2. The van der Waals surface area contributed by atoms with Gasteiger partial charge in [0.05, 0.1) is 0 Å². The van der Waals surface area contributed by atoms with Gasteiger partial charge in [0.25, 0.3) is 0 Å². The summed E-state index contributed by atoms with van der Waals surface area (Å²) < 4.78 is 0. The highest BCUT2D eigenvalue weighted by Crippen LogP contribution is 2.16. The third-order valence-electron chi connectivity index (χ3n) is 2.03. The molecule has 0 spiro atoms. The second-order valence-corrected chi connectivity index (χ2v) is 4.09. The van der Waals surface area contributed by atoms with E-state index in [9.17, 15) is 0 Å². The van der Waals surface area contributed by atoms with Crippen LogP contribution in [-0.2, 0) is 0 Å². The van der Waals surface area contributed by atoms with Gasteiger partial charge in [0.15, 0.2) is 0 Å². The summed E-state index contributed by atoms with van der Waals surface area (Å²) in [4.78, 5) is 4.41. The van der Waals surface area contributed by atoms with E-state index in [0.717, 1.165) is 18.0 Å². The van der Waals surface area contributed by atoms with Gasteiger partial charge in [-0.15, -0.1) is 0 Å². The molecule has 2 heteroatoms. The molecule has 0 saturated carbocycles. The van der Waals surface area contributed by atoms with Crippen LogP contribution in [0.1, 0.15) is 38.7 Å². The van der Waals surface area contributed by atoms with Crippen LogP contribution < -0.4 is 0 Å². The molecule has 1 nitrogen and oxygen atoms in total. The molecule has 0 aromatic heterocycles. The molecule has 0 aliphatic carbocycles. The molecule has 1 aliphatic rings. The molecule has 1 aromatic rings. The number of halogens is 1. The summed E-state index contributed by atoms with van der Waals surface area (Å²) in [5, 5.41) is 0.794. The van der Waals surface area contributed by atoms with Crippen molar-refractivity contribution in [2.75, 3.05) is 6.54 Å². The van der Waals surface area contributed by atoms with E-state index >= 15 is 0 Å². The molecular weight excluding hydrogens is 206 g/mol. The summed E-state index contributed by atoms with van der Waals surface area (Å²) in [6.07, 6.45) is 3.53. The average Bonchev–Trinajstić information content (AvgIpc) is 2.71. The fourth-order valence-electron chi connectivity index (χ4n) is 1.44. The number of hydrogen-bond acceptors (Lipinski definition) is 1. The maximum absolute atomic E-state index is 5.87. The lowest BCUT2D eigenvalue weighted by atomic mass is 10.1. The SMILES string of the molecule is CCC.Clc1cccc(C2=NCCC2)c1. The summed E-state index contributed by atoms with van der Waals surface area (Å²) in [6, 6.07) is 7.90. The Morgan fingerprint density at radius 2 is 2.07 bits per heavy atom. The molecule has 0 unspecified atom stereocenters. The first-order chi connectivity index (χ1) is 7.27. The summed E-state index contributed by atoms with van der Waals surface area (Å²) in [7, 11) is 0. The first-order valence-electron chi connectivity index (χ1n) is 5.57. The van der Waals surface area contributed by atoms with Crippen molar-refractivity contribution in [3.8, 4) is 0 Å². The molecule has 0 bridgehead atoms. The van der Waals surface area contributed by atoms with Crippen LogP contribution in [0.3, 0.4) is 0 Å². The molecule has 0 fully saturated rings. The second-order valence-electron chi connectivity index (χ2n) is 3.65. The van der Waals surface area contributed by atoms with Gasteiger partial charge in [-0.3, -0.25) is 4.99 Å². The molecule has 1 heterocycles. The molecule has 1 aromatic carbocycles. The van der Waals surface area contributed by atoms with Crippen molar-refractivity contribution in [2.24, 2.45) is 4.99 Å². The van der Waals surface area contributed by atoms with Crippen molar-refractivity contribution in [2.45, 2.75) is 33.1 Å². The largest absolute Gasteiger partial charge is 0.289 e. The van der Waals surface area contributed by atoms with E-state index < -0.39 is 0 Å². The molecule has 0 amide bonds. The topological polar surface area (TPSA) is 12.4 Å². The zero-order valence-electron chi connectivity index (χ0n) is 9.46. The molecule has 0 saturated heterocycles. The molecule has 82 valence electrons. The Morgan fingerprint density at radius 3 is 2.60 bits per heavy atom. The Balaban J connectivity index is 0.000000337. The quantitative estimate of drug-likeness (QED) is 0.672. The van der Waals surface area contributed by atoms with E-state index in [1.165, 1.54) is 24.1 Å². The number of nitrogens with zero attached hydrogens (tertiary/aromatic N) is 1. The van der Waals surface area contributed by atoms with Crippen LogP contribution in [0, 0.1) is 0 Å². The third-order valence-corrected chi connectivity index (χ3v) is 2.27. The summed E-state index contributed by atoms with van der Waals surface area (Å²) in [5.41, 5.74) is 2.39. The molecule has 0 N–H and O–H groups in total. The fraction of sp³-hybridized carbons (Fsp3) is 0.462. The van der Waals surface area contributed by atoms with Gasteiger partial charge in [0, 0.05) is 17.3 Å². The van der Waals surface area contributed by atoms with Gasteiger partial charge in [-0.2, -0.15) is 0 Å². The van der Waals surface area contributed by atoms with Crippen molar-refractivity contribution in [1.82, 2.24) is 0 Å². The van der Waals surface area contributed by atoms with Crippen molar-refractivity contribution < 1.29 is 0 Å². The van der Waals surface area contributed by atoms with Crippen LogP contribution in [0.25, 0.3) is 0 Å². The summed E-state index contributed by atoms with van der Waals surface area (Å²) >= 11 is 5.87. The van der Waals surface area contributed by atoms with E-state index in [1.807, 2.05) is 18.2 Å². The molecule has 0 radical (unpaired) electrons. The number of hydrogen-bond donors (Lipinski definition) is 0. The van der Waals surface area contributed by atoms with E-state index in [-0.39, 0.29) is 0 Å². The molecule has 1 aliphatic heterocycles. The van der Waals surface area contributed by atoms with Crippen molar-refractivity contribution in [1.29, 1.82) is 0 Å². The van der Waals surface area contributed by atoms with Gasteiger partial charge in [-0.1, -0.05) is 44.0 Å². The smallest absolute Gasteiger partial charge is 0.0421 e. The Hall–Kier alpha value is -0.820. The van der Waals surface area contributed by atoms with Crippen LogP contribution in [0.15, 0.2) is 29.3 Å². The Labute approximate surface area is 97.2 Å². The van der Waals surface area contributed by atoms with Crippen molar-refractivity contribution >= 4 is 17.3 Å². The van der Waals surface area contributed by atoms with Crippen LogP contribution in [0.4, 0.5) is 0 Å². The van der Waals surface area contributed by atoms with Crippen LogP contribution in [0.2, 0.25) is 5.02 Å². The summed E-state index contributed by atoms with van der Waals surface area (Å²) in [6.45, 7) is 5.22. The maximum atomic E-state index is 5.87. The molecular formula is C13H18ClN. The zero-order chi connectivity index (χ0) is 11.1. The van der Waals surface area contributed by atoms with Crippen LogP contribution >= 0.6 is 11.6 Å². The lowest BCUT2D eigenvalue weighted by Gasteiger charge is -1.99. The minimum Gasteiger partial charge on any atom is -0.289 e. The predicted octanol–water partition coefficient (Wildman–Crippen LogP) is 4.34. The van der Waals surface area contributed by atoms with Gasteiger partial charge in [-0.05, 0) is 30.5 Å². The molecule has 2 rings (SSSR count). The van der Waals surface area contributed by atoms with Crippen molar-refractivity contribution in [3.05, 3.63) is 34.9 Å². The van der Waals surface area contributed by atoms with Gasteiger partial charge in [0.2, 0.25) is 0 Å². The molecule has 15 heavy (non-hydrogen) atoms. The van der Waals surface area contributed by atoms with Crippen LogP contribution in [-0.4, -0.2) is 12.3 Å². The van der Waals surface area contributed by atoms with Gasteiger partial charge < -0.3 is 0 Å². The van der Waals surface area contributed by atoms with Gasteiger partial charge in [-0.25, -0.2) is 0 Å². The zero-order valence-corrected chi connectivity index (χ0v) is 10.2. The second kappa shape index (κ2) is 6.62. The first-order valence-corrected chi connectivity index (χ1v) is 5.95. The van der Waals surface area contributed by atoms with E-state index in [1.54, 1.807) is 0 Å². The highest BCUT2D eigenvalue weighted by molar-refractivity contribution is 6.31. The number of aliphatic imine (C=N–C) groups is 1. The minimum absolute atomic E-state index is 0.794. The van der Waals surface area contributed by atoms with Gasteiger partial charge in [0.1, 0.15) is 0 Å². The van der Waals surface area contributed by atoms with Crippen molar-refractivity contribution in [3.63, 3.8) is 0 Å². The van der Waals surface area contributed by atoms with E-state index in [2.05, 4.69) is 24.9 Å². The Bertz CT molecular complexity index is 331. The van der Waals surface area contributed by atoms with E-state index in [4.69, 9.17) is 11.6 Å². The Kier molecular flexibility index (Phi) is 5.41. The molecule has 0 atom stereocenters. The highest BCUT2D eigenvalue weighted by Gasteiger charge is 2.08. The standard InChI is InChI=1S/C10H10ClN.C3H8/c11-9-4-1-3-8(7-9)10-5-2-6-12-10;1-3-2/h1,3-4,7H,2,5-6H2;3H2,1-2H3. The highest BCUT2D eigenvalue weighted by atomic mass is 35.5. The minimum atomic E-state index is 0.794. The maximum Gasteiger partial charge on any atom is 0.0421 e. The fourth-order valence-corrected chi connectivity index (χ4v) is 1.63. The number of rotatable bonds is 1. The number of benzene rings is 1. The van der Waals surface area contributed by atoms with Crippen LogP contribution in [0.5, 0.6) is 0 Å². The van der Waals surface area contributed by atoms with E-state index in [0.29, 0.717) is 0 Å². The lowest BCUT2D eigenvalue weighted by Crippen LogP contribution is -1.94. The first kappa shape index (κ1) is 12.3. The monoisotopic (exact) mass is 223 g/mol. The Morgan fingerprint density at radius 1 is 1.33 bits per heavy atom.